The number of thioether (sulfide) groups is 1. The molecule has 1 atom stereocenters. The Labute approximate surface area is 198 Å². The first-order valence-electron chi connectivity index (χ1n) is 10.4. The van der Waals surface area contributed by atoms with Crippen molar-refractivity contribution in [2.75, 3.05) is 45.5 Å². The highest BCUT2D eigenvalue weighted by Gasteiger charge is 2.26. The van der Waals surface area contributed by atoms with Crippen molar-refractivity contribution in [3.8, 4) is 23.0 Å². The molecule has 1 heterocycles. The van der Waals surface area contributed by atoms with Crippen molar-refractivity contribution < 1.29 is 32.2 Å². The number of ether oxygens (including phenoxy) is 4. The van der Waals surface area contributed by atoms with Crippen molar-refractivity contribution in [1.82, 2.24) is 10.0 Å². The molecule has 2 N–H and O–H groups in total. The van der Waals surface area contributed by atoms with Gasteiger partial charge < -0.3 is 24.3 Å². The summed E-state index contributed by atoms with van der Waals surface area (Å²) in [6.07, 6.45) is 2.24. The van der Waals surface area contributed by atoms with Gasteiger partial charge in [0.05, 0.1) is 18.6 Å². The average molecular weight is 497 g/mol. The van der Waals surface area contributed by atoms with E-state index in [1.165, 1.54) is 23.9 Å². The van der Waals surface area contributed by atoms with E-state index in [-0.39, 0.29) is 18.0 Å². The number of fused-ring (bicyclic) bond motifs is 1. The maximum absolute atomic E-state index is 12.9. The molecule has 0 spiro atoms. The highest BCUT2D eigenvalue weighted by Crippen LogP contribution is 2.32. The van der Waals surface area contributed by atoms with Crippen LogP contribution in [0.4, 0.5) is 0 Å². The van der Waals surface area contributed by atoms with E-state index in [0.717, 1.165) is 5.75 Å². The zero-order valence-corrected chi connectivity index (χ0v) is 20.2. The monoisotopic (exact) mass is 496 g/mol. The number of carbonyl (C=O) groups excluding carboxylic acids is 1. The molecule has 0 fully saturated rings. The molecule has 2 aromatic carbocycles. The summed E-state index contributed by atoms with van der Waals surface area (Å²) in [6, 6.07) is 10.6. The van der Waals surface area contributed by atoms with Crippen LogP contribution in [0, 0.1) is 0 Å². The highest BCUT2D eigenvalue weighted by molar-refractivity contribution is 7.98. The smallest absolute Gasteiger partial charge is 0.241 e. The maximum Gasteiger partial charge on any atom is 0.241 e. The minimum atomic E-state index is -3.95. The number of hydrogen-bond donors (Lipinski definition) is 2. The van der Waals surface area contributed by atoms with Crippen LogP contribution in [0.25, 0.3) is 0 Å². The quantitative estimate of drug-likeness (QED) is 0.430. The Hall–Kier alpha value is -2.63. The molecule has 1 aliphatic rings. The van der Waals surface area contributed by atoms with Gasteiger partial charge in [0.15, 0.2) is 11.5 Å². The lowest BCUT2D eigenvalue weighted by molar-refractivity contribution is -0.122. The van der Waals surface area contributed by atoms with Crippen LogP contribution in [0.15, 0.2) is 47.4 Å². The van der Waals surface area contributed by atoms with Gasteiger partial charge >= 0.3 is 0 Å². The van der Waals surface area contributed by atoms with Crippen molar-refractivity contribution in [2.24, 2.45) is 0 Å². The Morgan fingerprint density at radius 1 is 1.09 bits per heavy atom. The number of carbonyl (C=O) groups is 1. The molecule has 180 valence electrons. The molecule has 0 bridgehead atoms. The van der Waals surface area contributed by atoms with Crippen LogP contribution in [-0.4, -0.2) is 65.9 Å². The van der Waals surface area contributed by atoms with Crippen molar-refractivity contribution in [1.29, 1.82) is 0 Å². The molecule has 33 heavy (non-hydrogen) atoms. The first kappa shape index (κ1) is 25.0. The van der Waals surface area contributed by atoms with Crippen molar-refractivity contribution in [2.45, 2.75) is 17.4 Å². The molecule has 1 aliphatic heterocycles. The van der Waals surface area contributed by atoms with Gasteiger partial charge in [0, 0.05) is 6.07 Å². The summed E-state index contributed by atoms with van der Waals surface area (Å²) in [6.45, 7) is 1.23. The first-order valence-corrected chi connectivity index (χ1v) is 13.3. The van der Waals surface area contributed by atoms with Gasteiger partial charge in [0.1, 0.15) is 37.4 Å². The van der Waals surface area contributed by atoms with E-state index in [2.05, 4.69) is 10.0 Å². The number of sulfonamides is 1. The fourth-order valence-corrected chi connectivity index (χ4v) is 4.78. The van der Waals surface area contributed by atoms with E-state index in [1.54, 1.807) is 37.4 Å². The fraction of sp³-hybridized carbons (Fsp3) is 0.409. The lowest BCUT2D eigenvalue weighted by Gasteiger charge is -2.21. The van der Waals surface area contributed by atoms with E-state index in [9.17, 15) is 13.2 Å². The predicted octanol–water partition coefficient (Wildman–Crippen LogP) is 2.06. The lowest BCUT2D eigenvalue weighted by Crippen LogP contribution is -2.47. The van der Waals surface area contributed by atoms with Crippen LogP contribution in [0.2, 0.25) is 0 Å². The third kappa shape index (κ3) is 7.18. The van der Waals surface area contributed by atoms with Gasteiger partial charge in [-0.25, -0.2) is 8.42 Å². The summed E-state index contributed by atoms with van der Waals surface area (Å²) in [5, 5.41) is 2.74. The van der Waals surface area contributed by atoms with Crippen LogP contribution < -0.4 is 29.0 Å². The summed E-state index contributed by atoms with van der Waals surface area (Å²) < 4.78 is 50.0. The highest BCUT2D eigenvalue weighted by atomic mass is 32.2. The standard InChI is InChI=1S/C22H28N2O7S2/c1-28-16-3-5-17(6-4-16)29-11-10-23-22(25)19(9-14-32-2)24-33(26,27)18-7-8-20-21(15-18)31-13-12-30-20/h3-8,15,19,24H,9-14H2,1-2H3,(H,23,25). The Morgan fingerprint density at radius 3 is 2.48 bits per heavy atom. The van der Waals surface area contributed by atoms with Gasteiger partial charge in [-0.05, 0) is 54.8 Å². The average Bonchev–Trinajstić information content (AvgIpc) is 2.84. The van der Waals surface area contributed by atoms with Gasteiger partial charge in [0.25, 0.3) is 0 Å². The molecule has 11 heteroatoms. The van der Waals surface area contributed by atoms with E-state index in [0.29, 0.717) is 42.6 Å². The molecule has 0 aliphatic carbocycles. The Kier molecular flexibility index (Phi) is 9.10. The summed E-state index contributed by atoms with van der Waals surface area (Å²) in [5.74, 6) is 2.42. The minimum absolute atomic E-state index is 0.0107. The number of amides is 1. The number of hydrogen-bond acceptors (Lipinski definition) is 8. The Bertz CT molecular complexity index is 1030. The second-order valence-electron chi connectivity index (χ2n) is 7.08. The second-order valence-corrected chi connectivity index (χ2v) is 9.78. The molecule has 0 saturated heterocycles. The number of methoxy groups -OCH3 is 1. The third-order valence-corrected chi connectivity index (χ3v) is 6.89. The van der Waals surface area contributed by atoms with Crippen LogP contribution in [0.3, 0.4) is 0 Å². The van der Waals surface area contributed by atoms with Crippen molar-refractivity contribution in [3.63, 3.8) is 0 Å². The van der Waals surface area contributed by atoms with E-state index in [1.807, 2.05) is 6.26 Å². The fourth-order valence-electron chi connectivity index (χ4n) is 3.06. The SMILES string of the molecule is COc1ccc(OCCNC(=O)C(CCSC)NS(=O)(=O)c2ccc3c(c2)OCCO3)cc1. The van der Waals surface area contributed by atoms with Gasteiger partial charge in [0.2, 0.25) is 15.9 Å². The van der Waals surface area contributed by atoms with E-state index >= 15 is 0 Å². The molecule has 9 nitrogen and oxygen atoms in total. The Morgan fingerprint density at radius 2 is 1.79 bits per heavy atom. The van der Waals surface area contributed by atoms with Crippen LogP contribution in [0.1, 0.15) is 6.42 Å². The maximum atomic E-state index is 12.9. The van der Waals surface area contributed by atoms with Crippen molar-refractivity contribution in [3.05, 3.63) is 42.5 Å². The van der Waals surface area contributed by atoms with Gasteiger partial charge in [-0.1, -0.05) is 0 Å². The summed E-state index contributed by atoms with van der Waals surface area (Å²) in [4.78, 5) is 12.7. The lowest BCUT2D eigenvalue weighted by atomic mass is 10.2. The number of benzene rings is 2. The predicted molar refractivity (Wildman–Crippen MR) is 126 cm³/mol. The molecular formula is C22H28N2O7S2. The summed E-state index contributed by atoms with van der Waals surface area (Å²) >= 11 is 1.53. The molecule has 1 amide bonds. The zero-order valence-electron chi connectivity index (χ0n) is 18.5. The first-order chi connectivity index (χ1) is 15.9. The van der Waals surface area contributed by atoms with E-state index < -0.39 is 22.0 Å². The van der Waals surface area contributed by atoms with Gasteiger partial charge in [-0.3, -0.25) is 4.79 Å². The molecule has 3 rings (SSSR count). The molecule has 0 aromatic heterocycles. The molecular weight excluding hydrogens is 468 g/mol. The van der Waals surface area contributed by atoms with E-state index in [4.69, 9.17) is 18.9 Å². The normalized spacial score (nSPS) is 13.8. The largest absolute Gasteiger partial charge is 0.497 e. The van der Waals surface area contributed by atoms with Crippen LogP contribution in [0.5, 0.6) is 23.0 Å². The van der Waals surface area contributed by atoms with Crippen LogP contribution >= 0.6 is 11.8 Å². The van der Waals surface area contributed by atoms with Crippen LogP contribution in [-0.2, 0) is 14.8 Å². The Balaban J connectivity index is 1.57. The molecule has 2 aromatic rings. The molecule has 0 radical (unpaired) electrons. The van der Waals surface area contributed by atoms with Crippen molar-refractivity contribution >= 4 is 27.7 Å². The van der Waals surface area contributed by atoms with Gasteiger partial charge in [-0.15, -0.1) is 0 Å². The summed E-state index contributed by atoms with van der Waals surface area (Å²) in [7, 11) is -2.36. The third-order valence-electron chi connectivity index (χ3n) is 4.78. The summed E-state index contributed by atoms with van der Waals surface area (Å²) in [5.41, 5.74) is 0. The molecule has 1 unspecified atom stereocenters. The number of rotatable bonds is 12. The minimum Gasteiger partial charge on any atom is -0.497 e. The zero-order chi connectivity index (χ0) is 23.7. The number of nitrogens with one attached hydrogen (secondary N) is 2. The van der Waals surface area contributed by atoms with Gasteiger partial charge in [-0.2, -0.15) is 16.5 Å². The topological polar surface area (TPSA) is 112 Å². The molecule has 0 saturated carbocycles. The second kappa shape index (κ2) is 12.0.